The van der Waals surface area contributed by atoms with E-state index in [2.05, 4.69) is 9.97 Å². The van der Waals surface area contributed by atoms with Crippen LogP contribution in [0.15, 0.2) is 102 Å². The van der Waals surface area contributed by atoms with E-state index in [0.29, 0.717) is 30.6 Å². The van der Waals surface area contributed by atoms with Crippen LogP contribution in [0, 0.1) is 5.92 Å². The Balaban J connectivity index is 0.999. The zero-order chi connectivity index (χ0) is 78.4. The fourth-order valence-corrected chi connectivity index (χ4v) is 16.5. The second-order valence-corrected chi connectivity index (χ2v) is 29.1. The van der Waals surface area contributed by atoms with Crippen molar-refractivity contribution in [3.05, 3.63) is 151 Å². The van der Waals surface area contributed by atoms with E-state index in [-0.39, 0.29) is 181 Å². The fourth-order valence-electron chi connectivity index (χ4n) is 15.1. The number of carbonyl (C=O) groups excluding carboxylic acids is 4. The van der Waals surface area contributed by atoms with E-state index < -0.39 is 170 Å². The highest BCUT2D eigenvalue weighted by atomic mass is 32.1. The highest BCUT2D eigenvalue weighted by Gasteiger charge is 2.60. The van der Waals surface area contributed by atoms with Gasteiger partial charge < -0.3 is 53.5 Å². The second kappa shape index (κ2) is 33.2. The third-order valence-electron chi connectivity index (χ3n) is 20.4. The maximum Gasteiger partial charge on any atom is 0.425 e. The summed E-state index contributed by atoms with van der Waals surface area (Å²) in [5.74, 6) is -8.15. The number of carboxylic acid groups (broad SMARTS) is 2. The maximum atomic E-state index is 17.4. The van der Waals surface area contributed by atoms with E-state index in [1.165, 1.54) is 34.1 Å². The Kier molecular flexibility index (Phi) is 25.1. The lowest BCUT2D eigenvalue weighted by molar-refractivity contribution is -0.167. The van der Waals surface area contributed by atoms with Gasteiger partial charge in [-0.25, -0.2) is 4.39 Å². The van der Waals surface area contributed by atoms with Gasteiger partial charge in [-0.15, -0.1) is 22.7 Å². The summed E-state index contributed by atoms with van der Waals surface area (Å²) in [6.07, 6.45) is -19.9. The first-order chi connectivity index (χ1) is 51.0. The molecule has 2 N–H and O–H groups in total. The summed E-state index contributed by atoms with van der Waals surface area (Å²) in [5.41, 5.74) is -13.9. The third-order valence-corrected chi connectivity index (χ3v) is 22.3. The van der Waals surface area contributed by atoms with Gasteiger partial charge in [0.2, 0.25) is 11.2 Å². The summed E-state index contributed by atoms with van der Waals surface area (Å²) in [6.45, 7) is 1.57. The molecule has 108 heavy (non-hydrogen) atoms. The summed E-state index contributed by atoms with van der Waals surface area (Å²) in [4.78, 5) is 95.0. The van der Waals surface area contributed by atoms with Gasteiger partial charge in [-0.2, -0.15) is 52.7 Å². The number of likely N-dealkylation sites (tertiary alicyclic amines) is 4. The molecule has 0 unspecified atom stereocenters. The number of rotatable bonds is 27. The van der Waals surface area contributed by atoms with Crippen molar-refractivity contribution in [2.24, 2.45) is 5.92 Å². The number of hydrogen-bond acceptors (Lipinski definition) is 15. The summed E-state index contributed by atoms with van der Waals surface area (Å²) >= 11 is 0.481. The van der Waals surface area contributed by atoms with Gasteiger partial charge >= 0.3 is 36.6 Å². The molecule has 34 heteroatoms. The molecule has 0 aliphatic carbocycles. The van der Waals surface area contributed by atoms with Crippen molar-refractivity contribution >= 4 is 58.2 Å². The lowest BCUT2D eigenvalue weighted by Gasteiger charge is -2.52. The minimum absolute atomic E-state index is 0.0253. The van der Waals surface area contributed by atoms with Gasteiger partial charge in [-0.3, -0.25) is 38.7 Å². The molecule has 4 saturated heterocycles. The minimum atomic E-state index is -5.43. The van der Waals surface area contributed by atoms with E-state index in [9.17, 15) is 59.0 Å². The highest BCUT2D eigenvalue weighted by molar-refractivity contribution is 7.10. The van der Waals surface area contributed by atoms with Crippen LogP contribution < -0.4 is 18.9 Å². The topological polar surface area (TPSA) is 228 Å². The SMILES string of the molecule is CCC[C@H]1N(C(=O)c2cnccc2C(F)(F)F)CCC[C@@]1(Oc1csc(C(F)(F)F)c1)C(=O)N1CCC(OCc2cncc(C(=O)N3CCC[C@@](Oc4csc(C(F)(F)F)c4)(C(=O)N4CCC(F)(c5ccccc5OCCCC(=O)O)CC4)[C@H]3[C@@H](C)CC)c2C(F)(F)F)(c2ccccc2OCCCC(=O)O)CC1. The molecule has 4 amide bonds. The van der Waals surface area contributed by atoms with Gasteiger partial charge in [0.05, 0.1) is 54.2 Å². The zero-order valence-electron chi connectivity index (χ0n) is 58.8. The summed E-state index contributed by atoms with van der Waals surface area (Å²) < 4.78 is 228. The molecule has 10 rings (SSSR count). The van der Waals surface area contributed by atoms with Crippen molar-refractivity contribution in [3.63, 3.8) is 0 Å². The van der Waals surface area contributed by atoms with Crippen molar-refractivity contribution in [2.75, 3.05) is 52.5 Å². The molecule has 5 atom stereocenters. The molecule has 0 spiro atoms. The molecule has 19 nitrogen and oxygen atoms in total. The van der Waals surface area contributed by atoms with E-state index >= 15 is 31.9 Å². The normalized spacial score (nSPS) is 20.9. The van der Waals surface area contributed by atoms with Crippen molar-refractivity contribution in [1.29, 1.82) is 0 Å². The number of piperidine rings is 4. The van der Waals surface area contributed by atoms with Crippen molar-refractivity contribution in [2.45, 2.75) is 183 Å². The van der Waals surface area contributed by atoms with Crippen LogP contribution in [-0.2, 0) is 66.5 Å². The Bertz CT molecular complexity index is 4190. The number of thiophene rings is 2. The van der Waals surface area contributed by atoms with Crippen LogP contribution in [0.1, 0.15) is 175 Å². The number of alkyl halides is 13. The molecule has 2 aromatic carbocycles. The number of carboxylic acids is 2. The summed E-state index contributed by atoms with van der Waals surface area (Å²) in [6, 6.07) is 11.1. The molecule has 4 aliphatic rings. The number of carbonyl (C=O) groups is 6. The summed E-state index contributed by atoms with van der Waals surface area (Å²) in [5, 5.41) is 20.6. The number of hydrogen-bond donors (Lipinski definition) is 2. The largest absolute Gasteiger partial charge is 0.493 e. The van der Waals surface area contributed by atoms with Crippen molar-refractivity contribution in [1.82, 2.24) is 29.6 Å². The molecule has 4 fully saturated rings. The van der Waals surface area contributed by atoms with Crippen LogP contribution in [0.25, 0.3) is 0 Å². The van der Waals surface area contributed by atoms with Gasteiger partial charge in [0.25, 0.3) is 23.6 Å². The number of aliphatic carboxylic acids is 2. The predicted octanol–water partition coefficient (Wildman–Crippen LogP) is 16.1. The average molecular weight is 1570 g/mol. The highest BCUT2D eigenvalue weighted by Crippen LogP contribution is 2.51. The predicted molar refractivity (Wildman–Crippen MR) is 365 cm³/mol. The molecule has 0 saturated carbocycles. The van der Waals surface area contributed by atoms with Crippen LogP contribution in [0.4, 0.5) is 57.1 Å². The fraction of sp³-hybridized carbons (Fsp3) is 0.514. The number of pyridine rings is 2. The maximum absolute atomic E-state index is 17.4. The molecule has 0 bridgehead atoms. The van der Waals surface area contributed by atoms with Crippen LogP contribution in [0.5, 0.6) is 23.0 Å². The van der Waals surface area contributed by atoms with Crippen LogP contribution in [0.2, 0.25) is 0 Å². The number of ether oxygens (including phenoxy) is 5. The minimum Gasteiger partial charge on any atom is -0.493 e. The van der Waals surface area contributed by atoms with Crippen LogP contribution in [0.3, 0.4) is 0 Å². The number of nitrogens with zero attached hydrogens (tertiary/aromatic N) is 6. The lowest BCUT2D eigenvalue weighted by Crippen LogP contribution is -2.70. The quantitative estimate of drug-likeness (QED) is 0.0361. The Labute approximate surface area is 620 Å². The Morgan fingerprint density at radius 1 is 0.593 bits per heavy atom. The van der Waals surface area contributed by atoms with Crippen molar-refractivity contribution in [3.8, 4) is 23.0 Å². The molecule has 6 aromatic rings. The number of amides is 4. The van der Waals surface area contributed by atoms with Gasteiger partial charge in [0.1, 0.15) is 44.0 Å². The number of para-hydroxylation sites is 2. The molecule has 586 valence electrons. The monoisotopic (exact) mass is 1570 g/mol. The standard InChI is InChI=1S/C74H79F13N6O13S2/c1-4-14-56-69(105-47-37-57(107-43-47)72(79,80)81,22-12-29-92(56)63(98)49-40-88-28-21-51(49)71(76,77)78)65(100)91-33-26-68(27-34-91,53-16-7-9-18-55(53)103-36-11-20-60(96)97)104-42-46-39-89-41-50(61(46)74(85,86)87)64(99)93-30-13-23-70(62(93)45(3)5-2,106-48-38-58(108-44-48)73(82,83)84)66(101)90-31-24-67(75,25-32-90)52-15-6-8-17-54(52)102-35-10-19-59(94)95/h6-9,15-18,21,28,37-41,43-45,56,62H,4-5,10-14,19-20,22-27,29-36,42H2,1-3H3,(H,94,95)(H,96,97)/t45-,56+,62+,69-,70-/m0/s1. The molecule has 8 heterocycles. The Morgan fingerprint density at radius 2 is 1.09 bits per heavy atom. The first-order valence-corrected chi connectivity index (χ1v) is 36.9. The van der Waals surface area contributed by atoms with E-state index in [0.717, 1.165) is 33.0 Å². The van der Waals surface area contributed by atoms with Crippen LogP contribution >= 0.6 is 22.7 Å². The van der Waals surface area contributed by atoms with E-state index in [1.54, 1.807) is 45.0 Å². The smallest absolute Gasteiger partial charge is 0.425 e. The van der Waals surface area contributed by atoms with E-state index in [4.69, 9.17) is 28.8 Å². The number of halogens is 13. The van der Waals surface area contributed by atoms with Gasteiger partial charge in [0, 0.05) is 142 Å². The molecule has 4 aliphatic heterocycles. The van der Waals surface area contributed by atoms with Gasteiger partial charge in [-0.05, 0) is 69.1 Å². The average Bonchev–Trinajstić information content (AvgIpc) is 0.931. The number of aromatic nitrogens is 2. The number of benzene rings is 2. The lowest BCUT2D eigenvalue weighted by atomic mass is 9.74. The Morgan fingerprint density at radius 3 is 1.62 bits per heavy atom. The van der Waals surface area contributed by atoms with Crippen molar-refractivity contribution < 1.29 is 120 Å². The molecule has 0 radical (unpaired) electrons. The molecular weight excluding hydrogens is 1490 g/mol. The van der Waals surface area contributed by atoms with Crippen LogP contribution in [-0.4, -0.2) is 151 Å². The Hall–Kier alpha value is -8.79. The van der Waals surface area contributed by atoms with Gasteiger partial charge in [0.15, 0.2) is 0 Å². The molecular formula is C74H79F13N6O13S2. The third kappa shape index (κ3) is 17.7. The molecule has 4 aromatic heterocycles. The summed E-state index contributed by atoms with van der Waals surface area (Å²) in [7, 11) is 0. The van der Waals surface area contributed by atoms with Gasteiger partial charge in [-0.1, -0.05) is 70.0 Å². The first kappa shape index (κ1) is 81.7. The second-order valence-electron chi connectivity index (χ2n) is 27.3. The van der Waals surface area contributed by atoms with E-state index in [1.807, 2.05) is 0 Å². The zero-order valence-corrected chi connectivity index (χ0v) is 60.4. The first-order valence-electron chi connectivity index (χ1n) is 35.2.